The number of hydrogen-bond donors (Lipinski definition) is 0. The molecule has 8 aromatic carbocycles. The molecule has 2 nitrogen and oxygen atoms in total. The van der Waals surface area contributed by atoms with Gasteiger partial charge < -0.3 is 9.80 Å². The van der Waals surface area contributed by atoms with E-state index in [-0.39, 0.29) is 5.41 Å². The van der Waals surface area contributed by atoms with Crippen molar-refractivity contribution in [2.45, 2.75) is 43.4 Å². The van der Waals surface area contributed by atoms with Crippen molar-refractivity contribution >= 4 is 28.4 Å². The molecule has 0 aromatic heterocycles. The van der Waals surface area contributed by atoms with Crippen LogP contribution in [0.2, 0.25) is 0 Å². The topological polar surface area (TPSA) is 6.48 Å². The molecular weight excluding hydrogens is 737 g/mol. The Morgan fingerprint density at radius 2 is 1.10 bits per heavy atom. The standard InChI is InChI=1S/C59H46N2/c1-2-19-41(20-3-1)45-23-4-5-24-46(45)47-25-6-7-26-48(47)51-28-9-13-32-56(51)60(44-35-36-50-49-27-8-12-31-54(49)59(55(50)40-44)37-16-17-38-59)42-21-18-22-43(39-42)61-57-33-14-10-29-52(57)53-30-11-15-34-58(53)61/h1-15,18-29,31-36,39-40,53H,16-17,30,37-38H2. The van der Waals surface area contributed by atoms with E-state index in [2.05, 4.69) is 222 Å². The van der Waals surface area contributed by atoms with E-state index in [1.165, 1.54) is 110 Å². The molecule has 0 N–H and O–H groups in total. The van der Waals surface area contributed by atoms with Crippen molar-refractivity contribution in [1.29, 1.82) is 0 Å². The van der Waals surface area contributed by atoms with Crippen molar-refractivity contribution in [3.8, 4) is 44.5 Å². The molecule has 1 unspecified atom stereocenters. The van der Waals surface area contributed by atoms with E-state index in [1.807, 2.05) is 0 Å². The summed E-state index contributed by atoms with van der Waals surface area (Å²) in [7, 11) is 0. The highest BCUT2D eigenvalue weighted by molar-refractivity contribution is 5.98. The molecule has 4 aliphatic rings. The molecular formula is C59H46N2. The molecule has 8 aromatic rings. The average Bonchev–Trinajstić information content (AvgIpc) is 4.04. The number of benzene rings is 8. The third kappa shape index (κ3) is 5.70. The molecule has 0 amide bonds. The van der Waals surface area contributed by atoms with Gasteiger partial charge in [-0.1, -0.05) is 177 Å². The Balaban J connectivity index is 1.07. The zero-order valence-electron chi connectivity index (χ0n) is 34.2. The normalized spacial score (nSPS) is 16.5. The van der Waals surface area contributed by atoms with Gasteiger partial charge in [-0.2, -0.15) is 0 Å². The first-order chi connectivity index (χ1) is 30.3. The molecule has 0 radical (unpaired) electrons. The zero-order valence-corrected chi connectivity index (χ0v) is 34.2. The fourth-order valence-electron chi connectivity index (χ4n) is 11.3. The summed E-state index contributed by atoms with van der Waals surface area (Å²) in [6.07, 6.45) is 12.8. The minimum Gasteiger partial charge on any atom is -0.313 e. The van der Waals surface area contributed by atoms with Gasteiger partial charge in [0.25, 0.3) is 0 Å². The van der Waals surface area contributed by atoms with Crippen molar-refractivity contribution in [1.82, 2.24) is 0 Å². The number of hydrogen-bond acceptors (Lipinski definition) is 2. The minimum atomic E-state index is 0.0535. The van der Waals surface area contributed by atoms with Crippen molar-refractivity contribution in [2.75, 3.05) is 9.80 Å². The van der Waals surface area contributed by atoms with E-state index < -0.39 is 0 Å². The van der Waals surface area contributed by atoms with Gasteiger partial charge in [0.1, 0.15) is 0 Å². The van der Waals surface area contributed by atoms with Crippen LogP contribution < -0.4 is 9.80 Å². The van der Waals surface area contributed by atoms with E-state index in [9.17, 15) is 0 Å². The van der Waals surface area contributed by atoms with Gasteiger partial charge in [-0.05, 0) is 123 Å². The zero-order chi connectivity index (χ0) is 40.3. The van der Waals surface area contributed by atoms with Crippen LogP contribution in [0, 0.1) is 0 Å². The Labute approximate surface area is 359 Å². The van der Waals surface area contributed by atoms with Gasteiger partial charge in [0.2, 0.25) is 0 Å². The van der Waals surface area contributed by atoms with E-state index in [1.54, 1.807) is 0 Å². The predicted octanol–water partition coefficient (Wildman–Crippen LogP) is 16.1. The monoisotopic (exact) mass is 782 g/mol. The van der Waals surface area contributed by atoms with Gasteiger partial charge in [0, 0.05) is 45.3 Å². The first-order valence-electron chi connectivity index (χ1n) is 22.0. The summed E-state index contributed by atoms with van der Waals surface area (Å²) in [6, 6.07) is 72.4. The maximum Gasteiger partial charge on any atom is 0.0540 e. The van der Waals surface area contributed by atoms with Gasteiger partial charge in [0.05, 0.1) is 5.69 Å². The highest BCUT2D eigenvalue weighted by atomic mass is 15.2. The molecule has 1 heterocycles. The summed E-state index contributed by atoms with van der Waals surface area (Å²) >= 11 is 0. The smallest absolute Gasteiger partial charge is 0.0540 e. The molecule has 12 rings (SSSR count). The van der Waals surface area contributed by atoms with E-state index in [4.69, 9.17) is 0 Å². The Morgan fingerprint density at radius 1 is 0.475 bits per heavy atom. The Kier molecular flexibility index (Phi) is 8.52. The van der Waals surface area contributed by atoms with Crippen LogP contribution in [-0.4, -0.2) is 0 Å². The van der Waals surface area contributed by atoms with Crippen LogP contribution in [-0.2, 0) is 5.41 Å². The lowest BCUT2D eigenvalue weighted by molar-refractivity contribution is 0.550. The maximum atomic E-state index is 2.55. The number of rotatable bonds is 7. The quantitative estimate of drug-likeness (QED) is 0.159. The van der Waals surface area contributed by atoms with Gasteiger partial charge in [0.15, 0.2) is 0 Å². The fourth-order valence-corrected chi connectivity index (χ4v) is 11.3. The lowest BCUT2D eigenvalue weighted by atomic mass is 9.76. The highest BCUT2D eigenvalue weighted by Crippen LogP contribution is 2.58. The van der Waals surface area contributed by atoms with Crippen molar-refractivity contribution in [2.24, 2.45) is 0 Å². The van der Waals surface area contributed by atoms with Gasteiger partial charge in [-0.25, -0.2) is 0 Å². The summed E-state index contributed by atoms with van der Waals surface area (Å²) in [4.78, 5) is 5.04. The third-order valence-corrected chi connectivity index (χ3v) is 13.9. The lowest BCUT2D eigenvalue weighted by Gasteiger charge is -2.32. The molecule has 61 heavy (non-hydrogen) atoms. The van der Waals surface area contributed by atoms with Crippen molar-refractivity contribution < 1.29 is 0 Å². The number of anilines is 5. The Morgan fingerprint density at radius 3 is 1.92 bits per heavy atom. The molecule has 0 bridgehead atoms. The van der Waals surface area contributed by atoms with Crippen molar-refractivity contribution in [3.63, 3.8) is 0 Å². The molecule has 292 valence electrons. The second kappa shape index (κ2) is 14.5. The molecule has 1 saturated carbocycles. The number of nitrogens with zero attached hydrogens (tertiary/aromatic N) is 2. The molecule has 0 saturated heterocycles. The van der Waals surface area contributed by atoms with Crippen LogP contribution >= 0.6 is 0 Å². The van der Waals surface area contributed by atoms with Crippen LogP contribution in [0.5, 0.6) is 0 Å². The molecule has 1 atom stereocenters. The van der Waals surface area contributed by atoms with Crippen LogP contribution in [0.25, 0.3) is 44.5 Å². The third-order valence-electron chi connectivity index (χ3n) is 13.9. The van der Waals surface area contributed by atoms with Crippen LogP contribution in [0.1, 0.15) is 54.7 Å². The number of para-hydroxylation sites is 2. The van der Waals surface area contributed by atoms with Crippen LogP contribution in [0.4, 0.5) is 28.4 Å². The van der Waals surface area contributed by atoms with Gasteiger partial charge in [-0.15, -0.1) is 0 Å². The van der Waals surface area contributed by atoms with E-state index in [0.717, 1.165) is 17.8 Å². The van der Waals surface area contributed by atoms with Crippen LogP contribution in [0.15, 0.2) is 218 Å². The first-order valence-corrected chi connectivity index (χ1v) is 22.0. The second-order valence-corrected chi connectivity index (χ2v) is 17.1. The molecule has 2 heteroatoms. The largest absolute Gasteiger partial charge is 0.313 e. The van der Waals surface area contributed by atoms with Gasteiger partial charge in [-0.3, -0.25) is 0 Å². The minimum absolute atomic E-state index is 0.0535. The summed E-state index contributed by atoms with van der Waals surface area (Å²) in [5.41, 5.74) is 21.8. The van der Waals surface area contributed by atoms with Crippen LogP contribution in [0.3, 0.4) is 0 Å². The van der Waals surface area contributed by atoms with Gasteiger partial charge >= 0.3 is 0 Å². The summed E-state index contributed by atoms with van der Waals surface area (Å²) in [5.74, 6) is 0.359. The second-order valence-electron chi connectivity index (χ2n) is 17.1. The number of allylic oxidation sites excluding steroid dienone is 4. The molecule has 1 fully saturated rings. The van der Waals surface area contributed by atoms with Crippen molar-refractivity contribution in [3.05, 3.63) is 235 Å². The molecule has 1 spiro atoms. The maximum absolute atomic E-state index is 2.55. The average molecular weight is 783 g/mol. The summed E-state index contributed by atoms with van der Waals surface area (Å²) in [5, 5.41) is 0. The lowest BCUT2D eigenvalue weighted by Crippen LogP contribution is -2.21. The van der Waals surface area contributed by atoms with E-state index >= 15 is 0 Å². The summed E-state index contributed by atoms with van der Waals surface area (Å²) < 4.78 is 0. The predicted molar refractivity (Wildman–Crippen MR) is 255 cm³/mol. The summed E-state index contributed by atoms with van der Waals surface area (Å²) in [6.45, 7) is 0. The first kappa shape index (κ1) is 35.8. The molecule has 1 aliphatic heterocycles. The molecule has 3 aliphatic carbocycles. The highest BCUT2D eigenvalue weighted by Gasteiger charge is 2.45. The number of fused-ring (bicyclic) bond motifs is 8. The van der Waals surface area contributed by atoms with E-state index in [0.29, 0.717) is 5.92 Å². The fraction of sp³-hybridized carbons (Fsp3) is 0.119. The SMILES string of the molecule is C1=CCC2C(=C1)N(c1cccc(N(c3ccc4c(c3)C3(CCCC3)c3ccccc3-4)c3ccccc3-c3ccccc3-c3ccccc3-c3ccccc3)c1)c1ccccc12. The Bertz CT molecular complexity index is 3040. The Hall–Kier alpha value is -7.16.